The minimum atomic E-state index is -0.205. The molecule has 20 heavy (non-hydrogen) atoms. The molecular formula is C15H24N2O3. The van der Waals surface area contributed by atoms with E-state index in [0.717, 1.165) is 23.4 Å². The summed E-state index contributed by atoms with van der Waals surface area (Å²) in [6.07, 6.45) is 0. The summed E-state index contributed by atoms with van der Waals surface area (Å²) >= 11 is 0. The molecule has 0 atom stereocenters. The van der Waals surface area contributed by atoms with Crippen molar-refractivity contribution in [2.75, 3.05) is 26.8 Å². The first-order chi connectivity index (χ1) is 9.64. The van der Waals surface area contributed by atoms with Crippen molar-refractivity contribution in [3.05, 3.63) is 29.3 Å². The lowest BCUT2D eigenvalue weighted by molar-refractivity contribution is -0.144. The highest BCUT2D eigenvalue weighted by atomic mass is 16.5. The first-order valence-corrected chi connectivity index (χ1v) is 6.88. The molecule has 0 saturated heterocycles. The van der Waals surface area contributed by atoms with Crippen molar-refractivity contribution in [2.45, 2.75) is 26.9 Å². The van der Waals surface area contributed by atoms with Crippen LogP contribution >= 0.6 is 0 Å². The molecule has 112 valence electrons. The Balaban J connectivity index is 2.80. The normalized spacial score (nSPS) is 10.7. The third-order valence-electron chi connectivity index (χ3n) is 3.08. The fourth-order valence-electron chi connectivity index (χ4n) is 1.99. The molecule has 0 saturated carbocycles. The van der Waals surface area contributed by atoms with Gasteiger partial charge >= 0.3 is 5.97 Å². The summed E-state index contributed by atoms with van der Waals surface area (Å²) in [5.74, 6) is 0.604. The Hall–Kier alpha value is -1.59. The Morgan fingerprint density at radius 2 is 2.10 bits per heavy atom. The molecule has 0 radical (unpaired) electrons. The number of nitrogens with zero attached hydrogens (tertiary/aromatic N) is 1. The van der Waals surface area contributed by atoms with Crippen LogP contribution in [0, 0.1) is 0 Å². The fourth-order valence-corrected chi connectivity index (χ4v) is 1.99. The second-order valence-electron chi connectivity index (χ2n) is 4.46. The lowest BCUT2D eigenvalue weighted by Crippen LogP contribution is -2.30. The van der Waals surface area contributed by atoms with Gasteiger partial charge in [-0.3, -0.25) is 9.69 Å². The molecule has 0 aromatic heterocycles. The molecule has 0 aliphatic heterocycles. The molecule has 0 unspecified atom stereocenters. The fraction of sp³-hybridized carbons (Fsp3) is 0.533. The summed E-state index contributed by atoms with van der Waals surface area (Å²) in [4.78, 5) is 13.6. The average molecular weight is 280 g/mol. The molecule has 0 heterocycles. The number of hydrogen-bond donors (Lipinski definition) is 1. The number of esters is 1. The number of carbonyl (C=O) groups is 1. The molecule has 0 bridgehead atoms. The van der Waals surface area contributed by atoms with Crippen LogP contribution in [0.1, 0.15) is 25.0 Å². The molecule has 0 aliphatic carbocycles. The monoisotopic (exact) mass is 280 g/mol. The van der Waals surface area contributed by atoms with E-state index in [2.05, 4.69) is 0 Å². The van der Waals surface area contributed by atoms with E-state index in [4.69, 9.17) is 15.2 Å². The molecule has 0 amide bonds. The van der Waals surface area contributed by atoms with Gasteiger partial charge in [0.25, 0.3) is 0 Å². The molecule has 5 heteroatoms. The van der Waals surface area contributed by atoms with Crippen molar-refractivity contribution >= 4 is 5.97 Å². The van der Waals surface area contributed by atoms with Gasteiger partial charge in [-0.25, -0.2) is 0 Å². The van der Waals surface area contributed by atoms with Gasteiger partial charge < -0.3 is 15.2 Å². The van der Waals surface area contributed by atoms with Crippen molar-refractivity contribution in [3.63, 3.8) is 0 Å². The first kappa shape index (κ1) is 16.5. The highest BCUT2D eigenvalue weighted by Gasteiger charge is 2.13. The van der Waals surface area contributed by atoms with Gasteiger partial charge in [-0.15, -0.1) is 0 Å². The second-order valence-corrected chi connectivity index (χ2v) is 4.46. The Kier molecular flexibility index (Phi) is 7.04. The third-order valence-corrected chi connectivity index (χ3v) is 3.08. The van der Waals surface area contributed by atoms with Crippen molar-refractivity contribution < 1.29 is 14.3 Å². The molecular weight excluding hydrogens is 256 g/mol. The molecule has 1 rings (SSSR count). The summed E-state index contributed by atoms with van der Waals surface area (Å²) in [5, 5.41) is 0. The van der Waals surface area contributed by atoms with Gasteiger partial charge in [0.1, 0.15) is 5.75 Å². The van der Waals surface area contributed by atoms with Crippen molar-refractivity contribution in [2.24, 2.45) is 5.73 Å². The number of nitrogens with two attached hydrogens (primary N) is 1. The van der Waals surface area contributed by atoms with Gasteiger partial charge in [-0.05, 0) is 31.2 Å². The zero-order valence-corrected chi connectivity index (χ0v) is 12.5. The lowest BCUT2D eigenvalue weighted by Gasteiger charge is -2.21. The van der Waals surface area contributed by atoms with Gasteiger partial charge in [0.2, 0.25) is 0 Å². The highest BCUT2D eigenvalue weighted by Crippen LogP contribution is 2.21. The number of ether oxygens (including phenoxy) is 2. The van der Waals surface area contributed by atoms with Crippen LogP contribution in [-0.2, 0) is 22.6 Å². The zero-order valence-electron chi connectivity index (χ0n) is 12.5. The summed E-state index contributed by atoms with van der Waals surface area (Å²) in [5.41, 5.74) is 7.74. The molecule has 5 nitrogen and oxygen atoms in total. The third kappa shape index (κ3) is 4.83. The second kappa shape index (κ2) is 8.55. The van der Waals surface area contributed by atoms with Gasteiger partial charge in [-0.2, -0.15) is 0 Å². The van der Waals surface area contributed by atoms with E-state index in [0.29, 0.717) is 19.7 Å². The highest BCUT2D eigenvalue weighted by molar-refractivity contribution is 5.71. The minimum absolute atomic E-state index is 0.205. The van der Waals surface area contributed by atoms with Crippen LogP contribution in [0.4, 0.5) is 0 Å². The lowest BCUT2D eigenvalue weighted by atomic mass is 10.1. The molecule has 0 aliphatic rings. The van der Waals surface area contributed by atoms with Gasteiger partial charge in [0.05, 0.1) is 20.3 Å². The van der Waals surface area contributed by atoms with Crippen LogP contribution < -0.4 is 10.5 Å². The van der Waals surface area contributed by atoms with E-state index < -0.39 is 0 Å². The average Bonchev–Trinajstić information content (AvgIpc) is 2.46. The molecule has 2 N–H and O–H groups in total. The van der Waals surface area contributed by atoms with Crippen LogP contribution in [-0.4, -0.2) is 37.7 Å². The summed E-state index contributed by atoms with van der Waals surface area (Å²) in [6.45, 7) is 6.38. The van der Waals surface area contributed by atoms with Crippen molar-refractivity contribution in [1.82, 2.24) is 4.90 Å². The number of likely N-dealkylation sites (N-methyl/N-ethyl adjacent to an activating group) is 1. The van der Waals surface area contributed by atoms with Crippen molar-refractivity contribution in [3.8, 4) is 5.75 Å². The zero-order chi connectivity index (χ0) is 15.0. The first-order valence-electron chi connectivity index (χ1n) is 6.88. The van der Waals surface area contributed by atoms with Gasteiger partial charge in [0, 0.05) is 18.7 Å². The van der Waals surface area contributed by atoms with Crippen LogP contribution in [0.25, 0.3) is 0 Å². The molecule has 1 aromatic carbocycles. The summed E-state index contributed by atoms with van der Waals surface area (Å²) in [6, 6.07) is 5.88. The molecule has 0 spiro atoms. The van der Waals surface area contributed by atoms with E-state index in [1.807, 2.05) is 36.9 Å². The number of rotatable bonds is 8. The summed E-state index contributed by atoms with van der Waals surface area (Å²) < 4.78 is 10.3. The van der Waals surface area contributed by atoms with Gasteiger partial charge in [-0.1, -0.05) is 13.0 Å². The van der Waals surface area contributed by atoms with Crippen LogP contribution in [0.3, 0.4) is 0 Å². The number of methoxy groups -OCH3 is 1. The standard InChI is InChI=1S/C15H24N2O3/c1-4-17(11-15(18)20-5-2)10-13-8-12(9-16)6-7-14(13)19-3/h6-8H,4-5,9-11,16H2,1-3H3. The van der Waals surface area contributed by atoms with Crippen LogP contribution in [0.2, 0.25) is 0 Å². The van der Waals surface area contributed by atoms with E-state index in [9.17, 15) is 4.79 Å². The van der Waals surface area contributed by atoms with Crippen molar-refractivity contribution in [1.29, 1.82) is 0 Å². The Labute approximate surface area is 120 Å². The Morgan fingerprint density at radius 1 is 1.35 bits per heavy atom. The van der Waals surface area contributed by atoms with Crippen LogP contribution in [0.15, 0.2) is 18.2 Å². The van der Waals surface area contributed by atoms with E-state index >= 15 is 0 Å². The molecule has 0 fully saturated rings. The smallest absolute Gasteiger partial charge is 0.320 e. The molecule has 1 aromatic rings. The number of benzene rings is 1. The SMILES string of the molecule is CCOC(=O)CN(CC)Cc1cc(CN)ccc1OC. The topological polar surface area (TPSA) is 64.8 Å². The van der Waals surface area contributed by atoms with Crippen LogP contribution in [0.5, 0.6) is 5.75 Å². The maximum atomic E-state index is 11.6. The van der Waals surface area contributed by atoms with E-state index in [1.165, 1.54) is 0 Å². The number of carbonyl (C=O) groups excluding carboxylic acids is 1. The predicted octanol–water partition coefficient (Wildman–Crippen LogP) is 1.54. The number of hydrogen-bond acceptors (Lipinski definition) is 5. The Bertz CT molecular complexity index is 435. The Morgan fingerprint density at radius 3 is 2.65 bits per heavy atom. The maximum Gasteiger partial charge on any atom is 0.320 e. The summed E-state index contributed by atoms with van der Waals surface area (Å²) in [7, 11) is 1.64. The van der Waals surface area contributed by atoms with Gasteiger partial charge in [0.15, 0.2) is 0 Å². The van der Waals surface area contributed by atoms with E-state index in [-0.39, 0.29) is 12.5 Å². The minimum Gasteiger partial charge on any atom is -0.496 e. The largest absolute Gasteiger partial charge is 0.496 e. The van der Waals surface area contributed by atoms with E-state index in [1.54, 1.807) is 7.11 Å². The quantitative estimate of drug-likeness (QED) is 0.732. The predicted molar refractivity (Wildman–Crippen MR) is 78.5 cm³/mol. The maximum absolute atomic E-state index is 11.6.